The third-order valence-corrected chi connectivity index (χ3v) is 8.20. The van der Waals surface area contributed by atoms with E-state index in [9.17, 15) is 23.4 Å². The highest BCUT2D eigenvalue weighted by Gasteiger charge is 2.47. The zero-order chi connectivity index (χ0) is 26.2. The molecule has 0 radical (unpaired) electrons. The number of nitrogens with one attached hydrogen (secondary N) is 1. The molecular formula is C22H24N6O7S2. The molecule has 2 unspecified atom stereocenters. The first-order valence-corrected chi connectivity index (χ1v) is 13.6. The predicted octanol–water partition coefficient (Wildman–Crippen LogP) is -0.270. The van der Waals surface area contributed by atoms with Crippen LogP contribution in [0.2, 0.25) is 0 Å². The van der Waals surface area contributed by atoms with Crippen LogP contribution < -0.4 is 5.32 Å². The second kappa shape index (κ2) is 10.3. The van der Waals surface area contributed by atoms with Crippen molar-refractivity contribution in [3.8, 4) is 0 Å². The summed E-state index contributed by atoms with van der Waals surface area (Å²) in [6.45, 7) is -0.137. The van der Waals surface area contributed by atoms with Gasteiger partial charge in [0.25, 0.3) is 11.1 Å². The van der Waals surface area contributed by atoms with E-state index in [0.717, 1.165) is 0 Å². The van der Waals surface area contributed by atoms with E-state index < -0.39 is 41.0 Å². The van der Waals surface area contributed by atoms with Crippen molar-refractivity contribution in [3.05, 3.63) is 48.5 Å². The molecule has 196 valence electrons. The van der Waals surface area contributed by atoms with Gasteiger partial charge in [-0.15, -0.1) is 0 Å². The predicted molar refractivity (Wildman–Crippen MR) is 134 cm³/mol. The van der Waals surface area contributed by atoms with Gasteiger partial charge in [-0.2, -0.15) is 0 Å². The van der Waals surface area contributed by atoms with E-state index in [4.69, 9.17) is 21.7 Å². The van der Waals surface area contributed by atoms with Crippen molar-refractivity contribution in [2.24, 2.45) is 0 Å². The summed E-state index contributed by atoms with van der Waals surface area (Å²) in [5.74, 6) is -0.303. The van der Waals surface area contributed by atoms with Crippen LogP contribution in [0.3, 0.4) is 0 Å². The molecule has 1 aromatic carbocycles. The van der Waals surface area contributed by atoms with Crippen LogP contribution in [0.25, 0.3) is 11.2 Å². The highest BCUT2D eigenvalue weighted by Crippen LogP contribution is 2.34. The summed E-state index contributed by atoms with van der Waals surface area (Å²) in [6, 6.07) is 8.61. The zero-order valence-electron chi connectivity index (χ0n) is 19.4. The molecule has 2 aliphatic rings. The molecule has 2 fully saturated rings. The van der Waals surface area contributed by atoms with Gasteiger partial charge in [0.2, 0.25) is 0 Å². The van der Waals surface area contributed by atoms with Gasteiger partial charge >= 0.3 is 0 Å². The first kappa shape index (κ1) is 25.4. The Balaban J connectivity index is 1.40. The van der Waals surface area contributed by atoms with E-state index in [-0.39, 0.29) is 52.7 Å². The Morgan fingerprint density at radius 3 is 2.62 bits per heavy atom. The number of amides is 1. The van der Waals surface area contributed by atoms with E-state index in [0.29, 0.717) is 5.56 Å². The number of sulfone groups is 1. The standard InChI is InChI=1S/C22H24N6O7S2/c29-10-14-16(30)17(35-22(36)27-6-8-37(32,33)9-7-27)21(34-14)28-12-25-15-18(23-11-24-19(15)28)26-20(31)13-4-2-1-3-5-13/h1-5,11-12,14,16-17,21,29-30H,6-10H2,(H,23,24,26,31)/t14-,16?,17?,21-/m1/s1. The van der Waals surface area contributed by atoms with Crippen molar-refractivity contribution in [2.75, 3.05) is 36.5 Å². The van der Waals surface area contributed by atoms with Crippen molar-refractivity contribution in [1.82, 2.24) is 24.4 Å². The minimum atomic E-state index is -3.12. The molecule has 3 N–H and O–H groups in total. The van der Waals surface area contributed by atoms with Crippen LogP contribution >= 0.6 is 12.2 Å². The summed E-state index contributed by atoms with van der Waals surface area (Å²) in [6.07, 6.45) is -1.62. The van der Waals surface area contributed by atoms with Gasteiger partial charge in [0, 0.05) is 18.7 Å². The second-order valence-electron chi connectivity index (χ2n) is 8.59. The first-order chi connectivity index (χ1) is 17.8. The molecule has 0 aliphatic carbocycles. The number of carbonyl (C=O) groups excluding carboxylic acids is 1. The number of aliphatic hydroxyl groups excluding tert-OH is 2. The third-order valence-electron chi connectivity index (χ3n) is 6.23. The number of hydrogen-bond donors (Lipinski definition) is 3. The van der Waals surface area contributed by atoms with E-state index in [1.54, 1.807) is 35.2 Å². The quantitative estimate of drug-likeness (QED) is 0.357. The maximum Gasteiger partial charge on any atom is 0.259 e. The summed E-state index contributed by atoms with van der Waals surface area (Å²) in [5, 5.41) is 23.3. The maximum absolute atomic E-state index is 12.6. The number of hydrogen-bond acceptors (Lipinski definition) is 11. The summed E-state index contributed by atoms with van der Waals surface area (Å²) >= 11 is 5.39. The van der Waals surface area contributed by atoms with Crippen molar-refractivity contribution >= 4 is 50.1 Å². The van der Waals surface area contributed by atoms with E-state index in [1.807, 2.05) is 0 Å². The molecule has 37 heavy (non-hydrogen) atoms. The highest BCUT2D eigenvalue weighted by atomic mass is 32.2. The number of aliphatic hydroxyl groups is 2. The number of imidazole rings is 1. The maximum atomic E-state index is 12.6. The number of aromatic nitrogens is 4. The van der Waals surface area contributed by atoms with Gasteiger partial charge in [-0.25, -0.2) is 23.4 Å². The number of carbonyl (C=O) groups is 1. The lowest BCUT2D eigenvalue weighted by Crippen LogP contribution is -2.47. The van der Waals surface area contributed by atoms with Gasteiger partial charge in [-0.3, -0.25) is 9.36 Å². The Morgan fingerprint density at radius 1 is 1.19 bits per heavy atom. The van der Waals surface area contributed by atoms with Gasteiger partial charge in [0.1, 0.15) is 18.5 Å². The Bertz CT molecular complexity index is 1400. The summed E-state index contributed by atoms with van der Waals surface area (Å²) in [5.41, 5.74) is 1.01. The lowest BCUT2D eigenvalue weighted by atomic mass is 10.1. The number of benzene rings is 1. The second-order valence-corrected chi connectivity index (χ2v) is 11.2. The van der Waals surface area contributed by atoms with Crippen LogP contribution in [0.15, 0.2) is 43.0 Å². The molecule has 15 heteroatoms. The van der Waals surface area contributed by atoms with Gasteiger partial charge in [-0.05, 0) is 24.4 Å². The van der Waals surface area contributed by atoms with Crippen LogP contribution in [-0.2, 0) is 19.3 Å². The van der Waals surface area contributed by atoms with Crippen LogP contribution in [0, 0.1) is 0 Å². The number of fused-ring (bicyclic) bond motifs is 1. The number of nitrogens with zero attached hydrogens (tertiary/aromatic N) is 5. The first-order valence-electron chi connectivity index (χ1n) is 11.4. The zero-order valence-corrected chi connectivity index (χ0v) is 21.0. The Kier molecular flexibility index (Phi) is 7.04. The smallest absolute Gasteiger partial charge is 0.259 e. The summed E-state index contributed by atoms with van der Waals surface area (Å²) in [7, 11) is -3.12. The number of thiocarbonyl (C=S) groups is 1. The topological polar surface area (TPSA) is 169 Å². The molecule has 4 heterocycles. The molecule has 5 rings (SSSR count). The van der Waals surface area contributed by atoms with Crippen LogP contribution in [-0.4, -0.2) is 104 Å². The van der Waals surface area contributed by atoms with Crippen molar-refractivity contribution in [1.29, 1.82) is 0 Å². The molecule has 2 saturated heterocycles. The molecule has 2 aromatic heterocycles. The van der Waals surface area contributed by atoms with Gasteiger partial charge in [0.15, 0.2) is 39.2 Å². The molecule has 13 nitrogen and oxygen atoms in total. The fraction of sp³-hybridized carbons (Fsp3) is 0.409. The fourth-order valence-corrected chi connectivity index (χ4v) is 5.70. The molecular weight excluding hydrogens is 524 g/mol. The molecule has 0 bridgehead atoms. The van der Waals surface area contributed by atoms with E-state index in [1.165, 1.54) is 17.2 Å². The molecule has 0 saturated carbocycles. The fourth-order valence-electron chi connectivity index (χ4n) is 4.20. The average molecular weight is 549 g/mol. The molecule has 2 aliphatic heterocycles. The Hall–Kier alpha value is -3.24. The monoisotopic (exact) mass is 548 g/mol. The number of anilines is 1. The van der Waals surface area contributed by atoms with Gasteiger partial charge in [-0.1, -0.05) is 18.2 Å². The molecule has 0 spiro atoms. The summed E-state index contributed by atoms with van der Waals surface area (Å²) in [4.78, 5) is 27.0. The Morgan fingerprint density at radius 2 is 1.92 bits per heavy atom. The molecule has 4 atom stereocenters. The van der Waals surface area contributed by atoms with Gasteiger partial charge < -0.3 is 29.9 Å². The van der Waals surface area contributed by atoms with Gasteiger partial charge in [0.05, 0.1) is 24.4 Å². The van der Waals surface area contributed by atoms with Crippen molar-refractivity contribution in [2.45, 2.75) is 24.5 Å². The lowest BCUT2D eigenvalue weighted by molar-refractivity contribution is -0.0505. The SMILES string of the molecule is O=C(Nc1ncnc2c1ncn2[C@@H]1O[C@H](CO)C(O)C1OC(=S)N1CCS(=O)(=O)CC1)c1ccccc1. The molecule has 1 amide bonds. The van der Waals surface area contributed by atoms with Crippen LogP contribution in [0.5, 0.6) is 0 Å². The van der Waals surface area contributed by atoms with Crippen LogP contribution in [0.4, 0.5) is 5.82 Å². The normalized spacial score (nSPS) is 25.2. The third kappa shape index (κ3) is 5.13. The number of ether oxygens (including phenoxy) is 2. The van der Waals surface area contributed by atoms with Crippen LogP contribution in [0.1, 0.15) is 16.6 Å². The summed E-state index contributed by atoms with van der Waals surface area (Å²) < 4.78 is 36.8. The largest absolute Gasteiger partial charge is 0.460 e. The average Bonchev–Trinajstić information content (AvgIpc) is 3.46. The van der Waals surface area contributed by atoms with E-state index >= 15 is 0 Å². The minimum Gasteiger partial charge on any atom is -0.460 e. The minimum absolute atomic E-state index is 0.0148. The Labute approximate surface area is 217 Å². The highest BCUT2D eigenvalue weighted by molar-refractivity contribution is 7.91. The van der Waals surface area contributed by atoms with Crippen molar-refractivity contribution < 1.29 is 32.9 Å². The number of rotatable bonds is 5. The molecule has 3 aromatic rings. The van der Waals surface area contributed by atoms with Crippen molar-refractivity contribution in [3.63, 3.8) is 0 Å². The lowest BCUT2D eigenvalue weighted by Gasteiger charge is -2.31. The van der Waals surface area contributed by atoms with E-state index in [2.05, 4.69) is 20.3 Å².